The average molecular weight is 140 g/mol. The highest BCUT2D eigenvalue weighted by Gasteiger charge is 2.27. The van der Waals surface area contributed by atoms with Gasteiger partial charge in [0.2, 0.25) is 0 Å². The maximum absolute atomic E-state index is 5.17. The molecule has 2 rings (SSSR count). The summed E-state index contributed by atoms with van der Waals surface area (Å²) in [6.07, 6.45) is 4.48. The Morgan fingerprint density at radius 3 is 3.20 bits per heavy atom. The third kappa shape index (κ3) is 1.01. The van der Waals surface area contributed by atoms with Crippen molar-refractivity contribution in [3.8, 4) is 0 Å². The van der Waals surface area contributed by atoms with E-state index in [1.807, 2.05) is 6.21 Å². The van der Waals surface area contributed by atoms with Gasteiger partial charge in [0, 0.05) is 25.1 Å². The Labute approximate surface area is 60.4 Å². The SMILES string of the molecule is C1=NOC(C2CCNC2)C1. The van der Waals surface area contributed by atoms with Gasteiger partial charge in [-0.2, -0.15) is 0 Å². The minimum absolute atomic E-state index is 0.370. The summed E-state index contributed by atoms with van der Waals surface area (Å²) < 4.78 is 0. The molecule has 0 spiro atoms. The quantitative estimate of drug-likeness (QED) is 0.571. The van der Waals surface area contributed by atoms with Gasteiger partial charge < -0.3 is 10.2 Å². The maximum Gasteiger partial charge on any atom is 0.136 e. The molecule has 0 aromatic rings. The number of hydrogen-bond donors (Lipinski definition) is 1. The normalized spacial score (nSPS) is 38.4. The summed E-state index contributed by atoms with van der Waals surface area (Å²) >= 11 is 0. The summed E-state index contributed by atoms with van der Waals surface area (Å²) in [7, 11) is 0. The van der Waals surface area contributed by atoms with Crippen molar-refractivity contribution < 1.29 is 4.84 Å². The van der Waals surface area contributed by atoms with E-state index in [2.05, 4.69) is 10.5 Å². The molecule has 0 aliphatic carbocycles. The van der Waals surface area contributed by atoms with Crippen LogP contribution in [0.3, 0.4) is 0 Å². The minimum atomic E-state index is 0.370. The summed E-state index contributed by atoms with van der Waals surface area (Å²) in [5.74, 6) is 0.697. The van der Waals surface area contributed by atoms with E-state index in [9.17, 15) is 0 Å². The van der Waals surface area contributed by atoms with Crippen LogP contribution in [0, 0.1) is 5.92 Å². The van der Waals surface area contributed by atoms with Gasteiger partial charge >= 0.3 is 0 Å². The fourth-order valence-corrected chi connectivity index (χ4v) is 1.58. The molecule has 1 saturated heterocycles. The highest BCUT2D eigenvalue weighted by atomic mass is 16.6. The zero-order valence-corrected chi connectivity index (χ0v) is 5.92. The Bertz CT molecular complexity index is 133. The van der Waals surface area contributed by atoms with Crippen molar-refractivity contribution in [1.82, 2.24) is 5.32 Å². The third-order valence-corrected chi connectivity index (χ3v) is 2.23. The van der Waals surface area contributed by atoms with E-state index in [4.69, 9.17) is 4.84 Å². The molecule has 56 valence electrons. The van der Waals surface area contributed by atoms with Crippen molar-refractivity contribution in [2.45, 2.75) is 18.9 Å². The topological polar surface area (TPSA) is 33.6 Å². The molecule has 0 bridgehead atoms. The molecule has 1 fully saturated rings. The molecule has 0 amide bonds. The van der Waals surface area contributed by atoms with E-state index < -0.39 is 0 Å². The van der Waals surface area contributed by atoms with Gasteiger partial charge in [-0.25, -0.2) is 0 Å². The van der Waals surface area contributed by atoms with Gasteiger partial charge in [0.1, 0.15) is 6.10 Å². The van der Waals surface area contributed by atoms with Crippen LogP contribution < -0.4 is 5.32 Å². The molecular weight excluding hydrogens is 128 g/mol. The Morgan fingerprint density at radius 2 is 2.60 bits per heavy atom. The van der Waals surface area contributed by atoms with E-state index in [1.54, 1.807) is 0 Å². The lowest BCUT2D eigenvalue weighted by Crippen LogP contribution is -2.22. The van der Waals surface area contributed by atoms with Gasteiger partial charge in [-0.3, -0.25) is 0 Å². The molecular formula is C7H12N2O. The van der Waals surface area contributed by atoms with E-state index in [-0.39, 0.29) is 0 Å². The van der Waals surface area contributed by atoms with E-state index >= 15 is 0 Å². The lowest BCUT2D eigenvalue weighted by atomic mass is 10.0. The van der Waals surface area contributed by atoms with Crippen molar-refractivity contribution >= 4 is 6.21 Å². The van der Waals surface area contributed by atoms with Gasteiger partial charge in [0.25, 0.3) is 0 Å². The summed E-state index contributed by atoms with van der Waals surface area (Å²) in [6.45, 7) is 2.25. The van der Waals surface area contributed by atoms with Crippen molar-refractivity contribution in [2.75, 3.05) is 13.1 Å². The van der Waals surface area contributed by atoms with Gasteiger partial charge in [0.05, 0.1) is 0 Å². The second-order valence-electron chi connectivity index (χ2n) is 2.92. The molecule has 2 unspecified atom stereocenters. The summed E-state index contributed by atoms with van der Waals surface area (Å²) in [5, 5.41) is 7.07. The second-order valence-corrected chi connectivity index (χ2v) is 2.92. The second kappa shape index (κ2) is 2.58. The molecule has 0 radical (unpaired) electrons. The predicted molar refractivity (Wildman–Crippen MR) is 39.0 cm³/mol. The van der Waals surface area contributed by atoms with Crippen molar-refractivity contribution in [1.29, 1.82) is 0 Å². The van der Waals surface area contributed by atoms with Crippen LogP contribution in [0.5, 0.6) is 0 Å². The first-order valence-electron chi connectivity index (χ1n) is 3.85. The molecule has 2 heterocycles. The van der Waals surface area contributed by atoms with E-state index in [0.717, 1.165) is 19.5 Å². The number of rotatable bonds is 1. The number of nitrogens with one attached hydrogen (secondary N) is 1. The molecule has 0 aromatic carbocycles. The molecule has 10 heavy (non-hydrogen) atoms. The molecule has 0 saturated carbocycles. The summed E-state index contributed by atoms with van der Waals surface area (Å²) in [4.78, 5) is 5.17. The first-order chi connectivity index (χ1) is 4.97. The molecule has 1 N–H and O–H groups in total. The van der Waals surface area contributed by atoms with Crippen molar-refractivity contribution in [3.05, 3.63) is 0 Å². The fourth-order valence-electron chi connectivity index (χ4n) is 1.58. The number of oxime groups is 1. The van der Waals surface area contributed by atoms with Crippen LogP contribution in [-0.2, 0) is 4.84 Å². The van der Waals surface area contributed by atoms with Crippen LogP contribution in [0.25, 0.3) is 0 Å². The average Bonchev–Trinajstić information content (AvgIpc) is 2.59. The first kappa shape index (κ1) is 6.16. The van der Waals surface area contributed by atoms with Crippen LogP contribution >= 0.6 is 0 Å². The maximum atomic E-state index is 5.17. The zero-order chi connectivity index (χ0) is 6.81. The van der Waals surface area contributed by atoms with Gasteiger partial charge in [-0.05, 0) is 13.0 Å². The Balaban J connectivity index is 1.87. The van der Waals surface area contributed by atoms with Crippen LogP contribution in [-0.4, -0.2) is 25.4 Å². The molecule has 2 atom stereocenters. The molecule has 3 heteroatoms. The van der Waals surface area contributed by atoms with Gasteiger partial charge in [0.15, 0.2) is 0 Å². The highest BCUT2D eigenvalue weighted by molar-refractivity contribution is 5.58. The number of nitrogens with zero attached hydrogens (tertiary/aromatic N) is 1. The van der Waals surface area contributed by atoms with Crippen LogP contribution in [0.4, 0.5) is 0 Å². The minimum Gasteiger partial charge on any atom is -0.392 e. The number of hydrogen-bond acceptors (Lipinski definition) is 3. The Kier molecular flexibility index (Phi) is 1.59. The molecule has 2 aliphatic heterocycles. The lowest BCUT2D eigenvalue weighted by molar-refractivity contribution is 0.0467. The van der Waals surface area contributed by atoms with Crippen molar-refractivity contribution in [2.24, 2.45) is 11.1 Å². The van der Waals surface area contributed by atoms with Crippen LogP contribution in [0.1, 0.15) is 12.8 Å². The smallest absolute Gasteiger partial charge is 0.136 e. The Hall–Kier alpha value is -0.570. The molecule has 3 nitrogen and oxygen atoms in total. The molecule has 0 aromatic heterocycles. The van der Waals surface area contributed by atoms with E-state index in [1.165, 1.54) is 6.42 Å². The monoisotopic (exact) mass is 140 g/mol. The van der Waals surface area contributed by atoms with Gasteiger partial charge in [-0.1, -0.05) is 5.16 Å². The first-order valence-corrected chi connectivity index (χ1v) is 3.85. The van der Waals surface area contributed by atoms with Gasteiger partial charge in [-0.15, -0.1) is 0 Å². The Morgan fingerprint density at radius 1 is 1.60 bits per heavy atom. The summed E-state index contributed by atoms with van der Waals surface area (Å²) in [6, 6.07) is 0. The van der Waals surface area contributed by atoms with Crippen LogP contribution in [0.2, 0.25) is 0 Å². The zero-order valence-electron chi connectivity index (χ0n) is 5.92. The highest BCUT2D eigenvalue weighted by Crippen LogP contribution is 2.20. The standard InChI is InChI=1S/C7H12N2O/c1-3-8-5-6(1)7-2-4-9-10-7/h4,6-8H,1-3,5H2. The lowest BCUT2D eigenvalue weighted by Gasteiger charge is -2.13. The third-order valence-electron chi connectivity index (χ3n) is 2.23. The fraction of sp³-hybridized carbons (Fsp3) is 0.857. The van der Waals surface area contributed by atoms with Crippen molar-refractivity contribution in [3.63, 3.8) is 0 Å². The summed E-state index contributed by atoms with van der Waals surface area (Å²) in [5.41, 5.74) is 0. The molecule has 2 aliphatic rings. The largest absolute Gasteiger partial charge is 0.392 e. The predicted octanol–water partition coefficient (Wildman–Crippen LogP) is 0.371. The van der Waals surface area contributed by atoms with E-state index in [0.29, 0.717) is 12.0 Å². The van der Waals surface area contributed by atoms with Crippen LogP contribution in [0.15, 0.2) is 5.16 Å².